The van der Waals surface area contributed by atoms with Crippen LogP contribution in [-0.4, -0.2) is 101 Å². The van der Waals surface area contributed by atoms with E-state index in [2.05, 4.69) is 18.7 Å². The fourth-order valence-corrected chi connectivity index (χ4v) is 7.98. The first-order chi connectivity index (χ1) is 19.1. The van der Waals surface area contributed by atoms with Gasteiger partial charge in [0.05, 0.1) is 17.5 Å². The molecule has 0 spiro atoms. The number of aliphatic hydroxyl groups is 1. The maximum absolute atomic E-state index is 14.2. The summed E-state index contributed by atoms with van der Waals surface area (Å²) in [6, 6.07) is 1.38. The predicted molar refractivity (Wildman–Crippen MR) is 149 cm³/mol. The average molecular weight is 569 g/mol. The number of likely N-dealkylation sites (tertiary alicyclic amines) is 1. The Morgan fingerprint density at radius 3 is 2.22 bits per heavy atom. The number of carbonyl (C=O) groups excluding carboxylic acids is 5. The van der Waals surface area contributed by atoms with E-state index in [9.17, 15) is 34.2 Å². The van der Waals surface area contributed by atoms with Crippen LogP contribution in [0.2, 0.25) is 0 Å². The van der Waals surface area contributed by atoms with Crippen LogP contribution >= 0.6 is 0 Å². The second-order valence-corrected chi connectivity index (χ2v) is 12.9. The molecule has 4 N–H and O–H groups in total. The Labute approximate surface area is 239 Å². The molecule has 222 valence electrons. The lowest BCUT2D eigenvalue weighted by Crippen LogP contribution is -2.74. The van der Waals surface area contributed by atoms with Gasteiger partial charge in [-0.05, 0) is 71.2 Å². The molecule has 0 bridgehead atoms. The van der Waals surface area contributed by atoms with Crippen molar-refractivity contribution in [2.45, 2.75) is 69.8 Å². The van der Waals surface area contributed by atoms with E-state index in [0.29, 0.717) is 29.8 Å². The minimum Gasteiger partial charge on any atom is -0.507 e. The summed E-state index contributed by atoms with van der Waals surface area (Å²) in [5.74, 6) is -10.3. The van der Waals surface area contributed by atoms with E-state index in [1.807, 2.05) is 25.1 Å². The number of phenols is 1. The van der Waals surface area contributed by atoms with Gasteiger partial charge in [-0.15, -0.1) is 0 Å². The zero-order chi connectivity index (χ0) is 30.3. The number of Topliss-reactive ketones (excluding diaryl/α,β-unsaturated/α-hetero) is 4. The van der Waals surface area contributed by atoms with Crippen molar-refractivity contribution in [3.8, 4) is 5.75 Å². The van der Waals surface area contributed by atoms with Crippen LogP contribution < -0.4 is 10.6 Å². The number of aromatic hydroxyl groups is 1. The van der Waals surface area contributed by atoms with Crippen LogP contribution in [-0.2, 0) is 32.1 Å². The molecular weight excluding hydrogens is 528 g/mol. The summed E-state index contributed by atoms with van der Waals surface area (Å²) in [6.45, 7) is 4.69. The van der Waals surface area contributed by atoms with Crippen molar-refractivity contribution in [1.29, 1.82) is 0 Å². The van der Waals surface area contributed by atoms with Gasteiger partial charge in [0.2, 0.25) is 5.91 Å². The first-order valence-corrected chi connectivity index (χ1v) is 14.3. The van der Waals surface area contributed by atoms with Crippen molar-refractivity contribution in [3.63, 3.8) is 0 Å². The highest BCUT2D eigenvalue weighted by atomic mass is 16.3. The third-order valence-corrected chi connectivity index (χ3v) is 10.1. The molecule has 0 radical (unpaired) electrons. The van der Waals surface area contributed by atoms with E-state index in [-0.39, 0.29) is 24.2 Å². The minimum atomic E-state index is -2.73. The molecule has 2 saturated carbocycles. The number of benzene rings is 1. The van der Waals surface area contributed by atoms with Crippen LogP contribution in [0.3, 0.4) is 0 Å². The first kappa shape index (κ1) is 29.3. The number of hydrogen-bond acceptors (Lipinski definition) is 10. The monoisotopic (exact) mass is 568 g/mol. The highest BCUT2D eigenvalue weighted by molar-refractivity contribution is 6.32. The molecule has 11 nitrogen and oxygen atoms in total. The van der Waals surface area contributed by atoms with E-state index in [0.717, 1.165) is 18.5 Å². The Hall–Kier alpha value is -3.15. The topological polar surface area (TPSA) is 162 Å². The van der Waals surface area contributed by atoms with Crippen LogP contribution in [0.5, 0.6) is 5.75 Å². The largest absolute Gasteiger partial charge is 0.507 e. The number of amides is 1. The number of hydrogen-bond donors (Lipinski definition) is 3. The first-order valence-electron chi connectivity index (χ1n) is 14.3. The summed E-state index contributed by atoms with van der Waals surface area (Å²) in [4.78, 5) is 72.8. The zero-order valence-corrected chi connectivity index (χ0v) is 24.5. The molecule has 1 aromatic rings. The molecule has 5 rings (SSSR count). The third-order valence-electron chi connectivity index (χ3n) is 10.1. The maximum atomic E-state index is 14.2. The van der Waals surface area contributed by atoms with Crippen molar-refractivity contribution in [3.05, 3.63) is 22.8 Å². The lowest BCUT2D eigenvalue weighted by molar-refractivity contribution is -0.181. The Morgan fingerprint density at radius 1 is 1.07 bits per heavy atom. The molecule has 1 saturated heterocycles. The number of ketones is 4. The second kappa shape index (κ2) is 9.99. The summed E-state index contributed by atoms with van der Waals surface area (Å²) in [6.07, 6.45) is 2.33. The van der Waals surface area contributed by atoms with E-state index in [1.165, 1.54) is 4.90 Å². The van der Waals surface area contributed by atoms with Crippen molar-refractivity contribution >= 4 is 34.7 Å². The number of anilines is 1. The summed E-state index contributed by atoms with van der Waals surface area (Å²) >= 11 is 0. The Balaban J connectivity index is 1.63. The molecule has 0 aromatic heterocycles. The number of fused-ring (bicyclic) bond motifs is 3. The lowest BCUT2D eigenvalue weighted by Gasteiger charge is -2.52. The molecule has 8 atom stereocenters. The lowest BCUT2D eigenvalue weighted by atomic mass is 9.52. The summed E-state index contributed by atoms with van der Waals surface area (Å²) in [5.41, 5.74) is 4.63. The SMILES string of the molecule is CC1CCC(C)N1Cc1cc(N(C)C)c2c(c1O)C(=O)C1C(=O)[C@@]3(O)C(=O)C(C(N)=O)C(=O)C(N(C)C)[C@H]3C[C@H]1C2. The van der Waals surface area contributed by atoms with Crippen LogP contribution in [0.25, 0.3) is 0 Å². The Bertz CT molecular complexity index is 1350. The van der Waals surface area contributed by atoms with E-state index < -0.39 is 64.4 Å². The average Bonchev–Trinajstić information content (AvgIpc) is 3.19. The van der Waals surface area contributed by atoms with Gasteiger partial charge in [-0.3, -0.25) is 33.8 Å². The van der Waals surface area contributed by atoms with Crippen molar-refractivity contribution in [1.82, 2.24) is 9.80 Å². The molecule has 5 unspecified atom stereocenters. The molecule has 41 heavy (non-hydrogen) atoms. The van der Waals surface area contributed by atoms with E-state index in [4.69, 9.17) is 5.73 Å². The Kier molecular flexibility index (Phi) is 7.15. The molecule has 3 fully saturated rings. The van der Waals surface area contributed by atoms with Crippen LogP contribution in [0.1, 0.15) is 54.6 Å². The second-order valence-electron chi connectivity index (χ2n) is 12.9. The molecule has 11 heteroatoms. The standard InChI is InChI=1S/C30H40N4O7/c1-13-7-8-14(2)34(13)12-16-11-19(32(3)4)17-9-15-10-18-23(33(5)6)26(37)22(29(31)40)28(39)30(18,41)27(38)20(15)25(36)21(17)24(16)35/h11,13-15,18,20,22-23,35,41H,7-10,12H2,1-6H3,(H2,31,40)/t13?,14?,15-,18-,20?,22?,23?,30-/m1/s1. The van der Waals surface area contributed by atoms with Gasteiger partial charge in [-0.2, -0.15) is 0 Å². The van der Waals surface area contributed by atoms with Gasteiger partial charge in [0.25, 0.3) is 0 Å². The fourth-order valence-electron chi connectivity index (χ4n) is 7.98. The smallest absolute Gasteiger partial charge is 0.235 e. The number of nitrogens with two attached hydrogens (primary N) is 1. The molecule has 1 heterocycles. The van der Waals surface area contributed by atoms with Gasteiger partial charge >= 0.3 is 0 Å². The maximum Gasteiger partial charge on any atom is 0.235 e. The van der Waals surface area contributed by atoms with Gasteiger partial charge in [0, 0.05) is 49.9 Å². The summed E-state index contributed by atoms with van der Waals surface area (Å²) < 4.78 is 0. The number of nitrogens with zero attached hydrogens (tertiary/aromatic N) is 3. The van der Waals surface area contributed by atoms with Crippen molar-refractivity contribution < 1.29 is 34.2 Å². The Morgan fingerprint density at radius 2 is 1.68 bits per heavy atom. The molecular formula is C30H40N4O7. The van der Waals surface area contributed by atoms with E-state index >= 15 is 0 Å². The molecule has 1 amide bonds. The van der Waals surface area contributed by atoms with Gasteiger partial charge in [-0.25, -0.2) is 0 Å². The number of primary amides is 1. The summed E-state index contributed by atoms with van der Waals surface area (Å²) in [5, 5.41) is 23.3. The number of likely N-dealkylation sites (N-methyl/N-ethyl adjacent to an activating group) is 1. The molecule has 1 aromatic carbocycles. The summed E-state index contributed by atoms with van der Waals surface area (Å²) in [7, 11) is 6.84. The van der Waals surface area contributed by atoms with Gasteiger partial charge in [0.15, 0.2) is 34.7 Å². The van der Waals surface area contributed by atoms with E-state index in [1.54, 1.807) is 14.1 Å². The minimum absolute atomic E-state index is 0.0298. The van der Waals surface area contributed by atoms with Crippen LogP contribution in [0.4, 0.5) is 5.69 Å². The quantitative estimate of drug-likeness (QED) is 0.422. The number of carbonyl (C=O) groups is 5. The highest BCUT2D eigenvalue weighted by Gasteiger charge is 2.69. The normalized spacial score (nSPS) is 35.4. The number of rotatable bonds is 5. The van der Waals surface area contributed by atoms with Crippen molar-refractivity contribution in [2.75, 3.05) is 33.1 Å². The third kappa shape index (κ3) is 4.15. The molecule has 1 aliphatic heterocycles. The fraction of sp³-hybridized carbons (Fsp3) is 0.633. The van der Waals surface area contributed by atoms with Crippen LogP contribution in [0.15, 0.2) is 6.07 Å². The van der Waals surface area contributed by atoms with Gasteiger partial charge < -0.3 is 20.8 Å². The molecule has 3 aliphatic carbocycles. The predicted octanol–water partition coefficient (Wildman–Crippen LogP) is 0.306. The van der Waals surface area contributed by atoms with Crippen molar-refractivity contribution in [2.24, 2.45) is 29.4 Å². The van der Waals surface area contributed by atoms with Crippen LogP contribution in [0, 0.1) is 23.7 Å². The zero-order valence-electron chi connectivity index (χ0n) is 24.5. The van der Waals surface area contributed by atoms with Gasteiger partial charge in [0.1, 0.15) is 5.75 Å². The van der Waals surface area contributed by atoms with Gasteiger partial charge in [-0.1, -0.05) is 0 Å². The molecule has 4 aliphatic rings. The number of phenolic OH excluding ortho intramolecular Hbond substituents is 1. The highest BCUT2D eigenvalue weighted by Crippen LogP contribution is 2.52.